The Bertz CT molecular complexity index is 398. The van der Waals surface area contributed by atoms with E-state index in [1.807, 2.05) is 13.0 Å². The van der Waals surface area contributed by atoms with E-state index in [0.717, 1.165) is 12.8 Å². The lowest BCUT2D eigenvalue weighted by molar-refractivity contribution is 0.454. The van der Waals surface area contributed by atoms with Crippen molar-refractivity contribution in [3.05, 3.63) is 27.7 Å². The molecule has 15 heavy (non-hydrogen) atoms. The van der Waals surface area contributed by atoms with E-state index < -0.39 is 0 Å². The summed E-state index contributed by atoms with van der Waals surface area (Å²) in [7, 11) is 0. The van der Waals surface area contributed by atoms with Gasteiger partial charge in [-0.15, -0.1) is 0 Å². The number of benzene rings is 1. The fourth-order valence-electron chi connectivity index (χ4n) is 1.43. The normalized spacial score (nSPS) is 12.1. The molecule has 1 aromatic carbocycles. The van der Waals surface area contributed by atoms with Crippen molar-refractivity contribution in [2.24, 2.45) is 5.73 Å². The van der Waals surface area contributed by atoms with Crippen molar-refractivity contribution in [2.75, 3.05) is 0 Å². The van der Waals surface area contributed by atoms with Crippen LogP contribution in [0.2, 0.25) is 0 Å². The lowest BCUT2D eigenvalue weighted by atomic mass is 10.0. The minimum atomic E-state index is -0.223. The standard InChI is InChI=1S/C11H13BrN2O/c1-2-3-10(14)8-4-7(6-13)5-9(12)11(8)15/h4-5,10,15H,2-3,14H2,1H3/t10-/m1/s1. The molecule has 3 nitrogen and oxygen atoms in total. The van der Waals surface area contributed by atoms with E-state index >= 15 is 0 Å². The molecule has 0 aromatic heterocycles. The molecule has 1 atom stereocenters. The summed E-state index contributed by atoms with van der Waals surface area (Å²) >= 11 is 3.20. The first-order valence-electron chi connectivity index (χ1n) is 4.78. The summed E-state index contributed by atoms with van der Waals surface area (Å²) in [5.74, 6) is 0.134. The van der Waals surface area contributed by atoms with E-state index in [-0.39, 0.29) is 11.8 Å². The molecule has 0 saturated heterocycles. The molecule has 0 spiro atoms. The molecule has 0 unspecified atom stereocenters. The van der Waals surface area contributed by atoms with E-state index in [2.05, 4.69) is 15.9 Å². The third-order valence-electron chi connectivity index (χ3n) is 2.22. The summed E-state index contributed by atoms with van der Waals surface area (Å²) in [6.45, 7) is 2.03. The number of hydrogen-bond acceptors (Lipinski definition) is 3. The Morgan fingerprint density at radius 1 is 1.60 bits per heavy atom. The molecule has 80 valence electrons. The molecule has 0 aliphatic carbocycles. The van der Waals surface area contributed by atoms with Crippen molar-refractivity contribution < 1.29 is 5.11 Å². The molecule has 4 heteroatoms. The highest BCUT2D eigenvalue weighted by molar-refractivity contribution is 9.10. The van der Waals surface area contributed by atoms with E-state index in [1.54, 1.807) is 12.1 Å². The van der Waals surface area contributed by atoms with Crippen molar-refractivity contribution >= 4 is 15.9 Å². The number of hydrogen-bond donors (Lipinski definition) is 2. The van der Waals surface area contributed by atoms with E-state index in [4.69, 9.17) is 11.0 Å². The van der Waals surface area contributed by atoms with Gasteiger partial charge >= 0.3 is 0 Å². The van der Waals surface area contributed by atoms with Crippen molar-refractivity contribution in [2.45, 2.75) is 25.8 Å². The van der Waals surface area contributed by atoms with Crippen LogP contribution in [0.4, 0.5) is 0 Å². The van der Waals surface area contributed by atoms with Crippen molar-refractivity contribution in [3.63, 3.8) is 0 Å². The lowest BCUT2D eigenvalue weighted by Crippen LogP contribution is -2.10. The molecule has 0 heterocycles. The average Bonchev–Trinajstić information content (AvgIpc) is 2.22. The summed E-state index contributed by atoms with van der Waals surface area (Å²) < 4.78 is 0.517. The Labute approximate surface area is 97.7 Å². The van der Waals surface area contributed by atoms with Crippen LogP contribution in [0.15, 0.2) is 16.6 Å². The van der Waals surface area contributed by atoms with Crippen LogP contribution in [-0.2, 0) is 0 Å². The summed E-state index contributed by atoms with van der Waals surface area (Å²) in [5, 5.41) is 18.6. The second-order valence-electron chi connectivity index (χ2n) is 3.40. The third-order valence-corrected chi connectivity index (χ3v) is 2.83. The molecule has 3 N–H and O–H groups in total. The van der Waals surface area contributed by atoms with Gasteiger partial charge in [0.1, 0.15) is 5.75 Å². The van der Waals surface area contributed by atoms with Crippen molar-refractivity contribution in [1.29, 1.82) is 5.26 Å². The highest BCUT2D eigenvalue weighted by Crippen LogP contribution is 2.33. The fourth-order valence-corrected chi connectivity index (χ4v) is 1.91. The maximum absolute atomic E-state index is 9.78. The number of nitriles is 1. The quantitative estimate of drug-likeness (QED) is 0.886. The SMILES string of the molecule is CCC[C@@H](N)c1cc(C#N)cc(Br)c1O. The van der Waals surface area contributed by atoms with Crippen LogP contribution in [0.3, 0.4) is 0 Å². The molecule has 1 aromatic rings. The van der Waals surface area contributed by atoms with Crippen LogP contribution < -0.4 is 5.73 Å². The molecular formula is C11H13BrN2O. The monoisotopic (exact) mass is 268 g/mol. The molecule has 0 amide bonds. The van der Waals surface area contributed by atoms with Crippen molar-refractivity contribution in [3.8, 4) is 11.8 Å². The van der Waals surface area contributed by atoms with Gasteiger partial charge in [0.05, 0.1) is 16.1 Å². The number of rotatable bonds is 3. The minimum absolute atomic E-state index is 0.134. The van der Waals surface area contributed by atoms with Crippen molar-refractivity contribution in [1.82, 2.24) is 0 Å². The minimum Gasteiger partial charge on any atom is -0.506 e. The zero-order chi connectivity index (χ0) is 11.4. The Morgan fingerprint density at radius 2 is 2.27 bits per heavy atom. The largest absolute Gasteiger partial charge is 0.506 e. The first kappa shape index (κ1) is 12.0. The van der Waals surface area contributed by atoms with Crippen LogP contribution >= 0.6 is 15.9 Å². The zero-order valence-electron chi connectivity index (χ0n) is 8.50. The molecule has 0 aliphatic rings. The van der Waals surface area contributed by atoms with E-state index in [0.29, 0.717) is 15.6 Å². The number of phenolic OH excluding ortho intramolecular Hbond substituents is 1. The first-order chi connectivity index (χ1) is 7.10. The molecule has 0 fully saturated rings. The second-order valence-corrected chi connectivity index (χ2v) is 4.26. The van der Waals surface area contributed by atoms with Gasteiger partial charge in [-0.05, 0) is 34.5 Å². The average molecular weight is 269 g/mol. The van der Waals surface area contributed by atoms with Gasteiger partial charge in [0.15, 0.2) is 0 Å². The highest BCUT2D eigenvalue weighted by Gasteiger charge is 2.14. The van der Waals surface area contributed by atoms with Gasteiger partial charge in [-0.25, -0.2) is 0 Å². The Morgan fingerprint density at radius 3 is 2.80 bits per heavy atom. The van der Waals surface area contributed by atoms with Gasteiger partial charge < -0.3 is 10.8 Å². The topological polar surface area (TPSA) is 70.0 Å². The summed E-state index contributed by atoms with van der Waals surface area (Å²) in [5.41, 5.74) is 7.04. The number of halogens is 1. The van der Waals surface area contributed by atoms with Gasteiger partial charge in [-0.2, -0.15) is 5.26 Å². The van der Waals surface area contributed by atoms with E-state index in [9.17, 15) is 5.11 Å². The number of nitrogens with zero attached hydrogens (tertiary/aromatic N) is 1. The number of phenols is 1. The molecule has 0 bridgehead atoms. The van der Waals surface area contributed by atoms with Gasteiger partial charge in [0.2, 0.25) is 0 Å². The van der Waals surface area contributed by atoms with Gasteiger partial charge in [-0.3, -0.25) is 0 Å². The molecule has 0 saturated carbocycles. The van der Waals surface area contributed by atoms with Gasteiger partial charge in [0, 0.05) is 11.6 Å². The van der Waals surface area contributed by atoms with Crippen LogP contribution in [0.5, 0.6) is 5.75 Å². The molecule has 0 aliphatic heterocycles. The maximum atomic E-state index is 9.78. The summed E-state index contributed by atoms with van der Waals surface area (Å²) in [4.78, 5) is 0. The molecule has 0 radical (unpaired) electrons. The predicted octanol–water partition coefficient (Wildman–Crippen LogP) is 2.83. The highest BCUT2D eigenvalue weighted by atomic mass is 79.9. The van der Waals surface area contributed by atoms with Crippen LogP contribution in [0, 0.1) is 11.3 Å². The van der Waals surface area contributed by atoms with Gasteiger partial charge in [-0.1, -0.05) is 13.3 Å². The van der Waals surface area contributed by atoms with Crippen LogP contribution in [0.25, 0.3) is 0 Å². The summed E-state index contributed by atoms with van der Waals surface area (Å²) in [6, 6.07) is 5.03. The number of nitrogens with two attached hydrogens (primary N) is 1. The fraction of sp³-hybridized carbons (Fsp3) is 0.364. The van der Waals surface area contributed by atoms with E-state index in [1.165, 1.54) is 0 Å². The molecule has 1 rings (SSSR count). The zero-order valence-corrected chi connectivity index (χ0v) is 10.1. The summed E-state index contributed by atoms with van der Waals surface area (Å²) in [6.07, 6.45) is 1.73. The lowest BCUT2D eigenvalue weighted by Gasteiger charge is -2.13. The Kier molecular flexibility index (Phi) is 4.13. The van der Waals surface area contributed by atoms with Crippen LogP contribution in [-0.4, -0.2) is 5.11 Å². The number of aromatic hydroxyl groups is 1. The third kappa shape index (κ3) is 2.71. The maximum Gasteiger partial charge on any atom is 0.134 e. The first-order valence-corrected chi connectivity index (χ1v) is 5.57. The smallest absolute Gasteiger partial charge is 0.134 e. The predicted molar refractivity (Wildman–Crippen MR) is 62.4 cm³/mol. The Balaban J connectivity index is 3.16. The van der Waals surface area contributed by atoms with Gasteiger partial charge in [0.25, 0.3) is 0 Å². The Hall–Kier alpha value is -1.05. The second kappa shape index (κ2) is 5.15. The molecular weight excluding hydrogens is 256 g/mol. The van der Waals surface area contributed by atoms with Crippen LogP contribution in [0.1, 0.15) is 36.9 Å².